The molecule has 0 saturated carbocycles. The van der Waals surface area contributed by atoms with Gasteiger partial charge in [0.15, 0.2) is 10.1 Å². The number of aromatic nitrogens is 2. The highest BCUT2D eigenvalue weighted by Gasteiger charge is 2.46. The number of carbonyl (C=O) groups excluding carboxylic acids is 2. The summed E-state index contributed by atoms with van der Waals surface area (Å²) in [5.74, 6) is -0.613. The van der Waals surface area contributed by atoms with Gasteiger partial charge in [0.05, 0.1) is 16.5 Å². The lowest BCUT2D eigenvalue weighted by molar-refractivity contribution is -0.117. The summed E-state index contributed by atoms with van der Waals surface area (Å²) in [6.07, 6.45) is 0. The lowest BCUT2D eigenvalue weighted by Gasteiger charge is -2.24. The molecule has 1 atom stereocenters. The first-order valence-corrected chi connectivity index (χ1v) is 16.3. The van der Waals surface area contributed by atoms with Gasteiger partial charge < -0.3 is 9.84 Å². The van der Waals surface area contributed by atoms with Crippen LogP contribution in [0.3, 0.4) is 0 Å². The van der Waals surface area contributed by atoms with Crippen molar-refractivity contribution in [1.29, 1.82) is 0 Å². The number of hydrogen-bond acceptors (Lipinski definition) is 9. The SMILES string of the molecule is O=C(C1=C(O)C(=O)N(c2nnc(SCc3ccc(Cl)cc3Cl)s2)C1c1ccc(OCc2ccccc2)cc1)c1cccs1. The van der Waals surface area contributed by atoms with Crippen LogP contribution in [-0.4, -0.2) is 27.0 Å². The zero-order chi connectivity index (χ0) is 29.9. The van der Waals surface area contributed by atoms with Crippen molar-refractivity contribution < 1.29 is 19.4 Å². The molecule has 0 spiro atoms. The molecule has 0 radical (unpaired) electrons. The summed E-state index contributed by atoms with van der Waals surface area (Å²) >= 11 is 16.2. The number of anilines is 1. The number of ether oxygens (including phenoxy) is 1. The van der Waals surface area contributed by atoms with Gasteiger partial charge in [-0.1, -0.05) is 101 Å². The second kappa shape index (κ2) is 12.9. The van der Waals surface area contributed by atoms with E-state index in [1.54, 1.807) is 53.9 Å². The summed E-state index contributed by atoms with van der Waals surface area (Å²) in [6.45, 7) is 0.392. The van der Waals surface area contributed by atoms with E-state index in [1.807, 2.05) is 36.4 Å². The molecule has 0 fully saturated rings. The third-order valence-corrected chi connectivity index (χ3v) is 10.2. The standard InChI is InChI=1S/C31H21Cl2N3O4S3/c32-21-11-8-20(23(33)15-21)17-42-31-35-34-30(43-31)36-26(25(28(38)29(36)39)27(37)24-7-4-14-41-24)19-9-12-22(13-10-19)40-16-18-5-2-1-3-6-18/h1-15,26,38H,16-17H2. The van der Waals surface area contributed by atoms with Crippen molar-refractivity contribution in [2.45, 2.75) is 22.7 Å². The third-order valence-electron chi connectivity index (χ3n) is 6.61. The fourth-order valence-corrected chi connectivity index (χ4v) is 7.62. The zero-order valence-corrected chi connectivity index (χ0v) is 26.1. The Labute approximate surface area is 269 Å². The van der Waals surface area contributed by atoms with Crippen LogP contribution < -0.4 is 9.64 Å². The number of thiophene rings is 1. The summed E-state index contributed by atoms with van der Waals surface area (Å²) in [7, 11) is 0. The van der Waals surface area contributed by atoms with Gasteiger partial charge in [0.1, 0.15) is 12.4 Å². The molecule has 2 aromatic heterocycles. The predicted molar refractivity (Wildman–Crippen MR) is 172 cm³/mol. The maximum absolute atomic E-state index is 13.6. The number of ketones is 1. The molecule has 0 saturated heterocycles. The van der Waals surface area contributed by atoms with Gasteiger partial charge >= 0.3 is 0 Å². The Hall–Kier alpha value is -3.67. The number of hydrogen-bond donors (Lipinski definition) is 1. The Kier molecular flexibility index (Phi) is 8.83. The average Bonchev–Trinajstić information content (AvgIpc) is 3.77. The molecule has 1 amide bonds. The van der Waals surface area contributed by atoms with Crippen LogP contribution in [0.25, 0.3) is 0 Å². The molecule has 1 unspecified atom stereocenters. The Morgan fingerprint density at radius 1 is 1.00 bits per heavy atom. The quantitative estimate of drug-likeness (QED) is 0.0907. The molecule has 6 rings (SSSR count). The lowest BCUT2D eigenvalue weighted by Crippen LogP contribution is -2.31. The summed E-state index contributed by atoms with van der Waals surface area (Å²) in [5.41, 5.74) is 2.50. The first-order valence-electron chi connectivity index (χ1n) is 12.9. The molecule has 43 heavy (non-hydrogen) atoms. The molecule has 1 aliphatic rings. The smallest absolute Gasteiger partial charge is 0.296 e. The fraction of sp³-hybridized carbons (Fsp3) is 0.0968. The maximum Gasteiger partial charge on any atom is 0.296 e. The van der Waals surface area contributed by atoms with Crippen molar-refractivity contribution in [3.63, 3.8) is 0 Å². The van der Waals surface area contributed by atoms with Crippen LogP contribution >= 0.6 is 57.6 Å². The number of Topliss-reactive ketones (excluding diaryl/α,β-unsaturated/α-hetero) is 1. The van der Waals surface area contributed by atoms with Crippen molar-refractivity contribution in [2.75, 3.05) is 4.90 Å². The lowest BCUT2D eigenvalue weighted by atomic mass is 9.95. The van der Waals surface area contributed by atoms with Crippen LogP contribution in [0.4, 0.5) is 5.13 Å². The number of rotatable bonds is 10. The van der Waals surface area contributed by atoms with Crippen LogP contribution in [0.5, 0.6) is 5.75 Å². The van der Waals surface area contributed by atoms with Crippen molar-refractivity contribution in [3.8, 4) is 5.75 Å². The predicted octanol–water partition coefficient (Wildman–Crippen LogP) is 8.56. The number of aliphatic hydroxyl groups excluding tert-OH is 1. The summed E-state index contributed by atoms with van der Waals surface area (Å²) in [6, 6.07) is 24.7. The van der Waals surface area contributed by atoms with E-state index in [4.69, 9.17) is 27.9 Å². The van der Waals surface area contributed by atoms with Gasteiger partial charge in [-0.25, -0.2) is 0 Å². The Morgan fingerprint density at radius 3 is 2.51 bits per heavy atom. The molecule has 5 aromatic rings. The number of nitrogens with zero attached hydrogens (tertiary/aromatic N) is 3. The highest BCUT2D eigenvalue weighted by atomic mass is 35.5. The van der Waals surface area contributed by atoms with Crippen molar-refractivity contribution in [3.05, 3.63) is 133 Å². The number of halogens is 2. The van der Waals surface area contributed by atoms with Crippen LogP contribution in [0.15, 0.2) is 106 Å². The average molecular weight is 667 g/mol. The highest BCUT2D eigenvalue weighted by molar-refractivity contribution is 8.00. The van der Waals surface area contributed by atoms with Crippen LogP contribution in [0.2, 0.25) is 10.0 Å². The molecule has 1 aliphatic heterocycles. The van der Waals surface area contributed by atoms with Crippen LogP contribution in [-0.2, 0) is 17.2 Å². The first kappa shape index (κ1) is 29.4. The first-order chi connectivity index (χ1) is 20.9. The van der Waals surface area contributed by atoms with E-state index in [9.17, 15) is 14.7 Å². The van der Waals surface area contributed by atoms with E-state index in [-0.39, 0.29) is 10.7 Å². The summed E-state index contributed by atoms with van der Waals surface area (Å²) < 4.78 is 6.52. The summed E-state index contributed by atoms with van der Waals surface area (Å²) in [4.78, 5) is 28.9. The van der Waals surface area contributed by atoms with E-state index in [0.29, 0.717) is 42.9 Å². The molecule has 3 heterocycles. The van der Waals surface area contributed by atoms with Gasteiger partial charge in [-0.3, -0.25) is 14.5 Å². The second-order valence-electron chi connectivity index (χ2n) is 9.36. The topological polar surface area (TPSA) is 92.6 Å². The molecule has 0 aliphatic carbocycles. The minimum Gasteiger partial charge on any atom is -0.503 e. The number of aliphatic hydroxyl groups is 1. The Morgan fingerprint density at radius 2 is 1.79 bits per heavy atom. The van der Waals surface area contributed by atoms with Crippen molar-refractivity contribution in [2.24, 2.45) is 0 Å². The maximum atomic E-state index is 13.6. The monoisotopic (exact) mass is 665 g/mol. The minimum absolute atomic E-state index is 0.0113. The largest absolute Gasteiger partial charge is 0.503 e. The van der Waals surface area contributed by atoms with Gasteiger partial charge in [-0.2, -0.15) is 0 Å². The Bertz CT molecular complexity index is 1810. The van der Waals surface area contributed by atoms with Crippen LogP contribution in [0, 0.1) is 0 Å². The fourth-order valence-electron chi connectivity index (χ4n) is 4.51. The molecule has 0 bridgehead atoms. The van der Waals surface area contributed by atoms with Crippen molar-refractivity contribution in [1.82, 2.24) is 10.2 Å². The molecular weight excluding hydrogens is 645 g/mol. The van der Waals surface area contributed by atoms with E-state index >= 15 is 0 Å². The van der Waals surface area contributed by atoms with Gasteiger partial charge in [-0.05, 0) is 52.4 Å². The van der Waals surface area contributed by atoms with E-state index in [0.717, 1.165) is 11.1 Å². The number of amides is 1. The highest BCUT2D eigenvalue weighted by Crippen LogP contribution is 2.44. The molecule has 1 N–H and O–H groups in total. The van der Waals surface area contributed by atoms with Gasteiger partial charge in [0.2, 0.25) is 10.9 Å². The van der Waals surface area contributed by atoms with Gasteiger partial charge in [0, 0.05) is 15.8 Å². The molecular formula is C31H21Cl2N3O4S3. The second-order valence-corrected chi connectivity index (χ2v) is 13.3. The third kappa shape index (κ3) is 6.34. The Balaban J connectivity index is 1.28. The number of carbonyl (C=O) groups is 2. The number of thioether (sulfide) groups is 1. The van der Waals surface area contributed by atoms with Gasteiger partial charge in [0.25, 0.3) is 5.91 Å². The van der Waals surface area contributed by atoms with Crippen molar-refractivity contribution >= 4 is 74.5 Å². The zero-order valence-electron chi connectivity index (χ0n) is 22.1. The summed E-state index contributed by atoms with van der Waals surface area (Å²) in [5, 5.41) is 22.7. The molecule has 3 aromatic carbocycles. The van der Waals surface area contributed by atoms with E-state index in [2.05, 4.69) is 10.2 Å². The van der Waals surface area contributed by atoms with Crippen LogP contribution in [0.1, 0.15) is 32.4 Å². The number of benzene rings is 3. The molecule has 7 nitrogen and oxygen atoms in total. The minimum atomic E-state index is -0.915. The normalized spacial score (nSPS) is 14.9. The molecule has 216 valence electrons. The molecule has 12 heteroatoms. The van der Waals surface area contributed by atoms with E-state index < -0.39 is 23.5 Å². The van der Waals surface area contributed by atoms with E-state index in [1.165, 1.54) is 39.3 Å². The van der Waals surface area contributed by atoms with Gasteiger partial charge in [-0.15, -0.1) is 21.5 Å².